The zero-order valence-electron chi connectivity index (χ0n) is 20.6. The Morgan fingerprint density at radius 3 is 2.05 bits per heavy atom. The van der Waals surface area contributed by atoms with E-state index in [-0.39, 0.29) is 22.4 Å². The molecule has 0 aliphatic heterocycles. The summed E-state index contributed by atoms with van der Waals surface area (Å²) in [5.41, 5.74) is -7.05. The van der Waals surface area contributed by atoms with E-state index in [1.807, 2.05) is 6.07 Å². The zero-order valence-corrected chi connectivity index (χ0v) is 20.6. The molecule has 1 heterocycles. The number of nitrogens with zero attached hydrogens (tertiary/aromatic N) is 1. The van der Waals surface area contributed by atoms with Crippen molar-refractivity contribution in [1.29, 1.82) is 0 Å². The molecule has 0 saturated heterocycles. The van der Waals surface area contributed by atoms with Gasteiger partial charge in [-0.25, -0.2) is 4.39 Å². The lowest BCUT2D eigenvalue weighted by Crippen LogP contribution is -2.50. The third-order valence-electron chi connectivity index (χ3n) is 6.72. The first kappa shape index (κ1) is 28.1. The number of amides is 2. The van der Waals surface area contributed by atoms with Crippen LogP contribution in [0.2, 0.25) is 0 Å². The summed E-state index contributed by atoms with van der Waals surface area (Å²) < 4.78 is 93.2. The van der Waals surface area contributed by atoms with Gasteiger partial charge in [0.25, 0.3) is 11.8 Å². The lowest BCUT2D eigenvalue weighted by Gasteiger charge is -2.30. The standard InChI is InChI=1S/C27H22F7N3O2/c1-15-5-3-7-19(21(15)23(39)37-24(10-11-24)18-6-4-12-35-14-18)22(38)36-20-9-8-17(13-16(20)2)25(28,26(29,30)31)27(32,33)34/h3-9,12-14H,10-11H2,1-2H3,(H,36,38)(H,37,39). The van der Waals surface area contributed by atoms with E-state index in [2.05, 4.69) is 15.6 Å². The van der Waals surface area contributed by atoms with Gasteiger partial charge in [-0.3, -0.25) is 14.6 Å². The van der Waals surface area contributed by atoms with E-state index in [0.717, 1.165) is 18.6 Å². The summed E-state index contributed by atoms with van der Waals surface area (Å²) in [6.07, 6.45) is -7.97. The van der Waals surface area contributed by atoms with Crippen molar-refractivity contribution in [1.82, 2.24) is 10.3 Å². The molecule has 1 aliphatic rings. The van der Waals surface area contributed by atoms with Gasteiger partial charge in [0.05, 0.1) is 16.7 Å². The number of nitrogens with one attached hydrogen (secondary N) is 2. The molecule has 0 atom stereocenters. The van der Waals surface area contributed by atoms with Gasteiger partial charge in [-0.2, -0.15) is 26.3 Å². The molecule has 39 heavy (non-hydrogen) atoms. The van der Waals surface area contributed by atoms with Gasteiger partial charge in [0.1, 0.15) is 0 Å². The number of rotatable bonds is 6. The third-order valence-corrected chi connectivity index (χ3v) is 6.72. The number of hydrogen-bond donors (Lipinski definition) is 2. The number of hydrogen-bond acceptors (Lipinski definition) is 3. The normalized spacial score (nSPS) is 15.0. The van der Waals surface area contributed by atoms with Crippen molar-refractivity contribution in [3.8, 4) is 0 Å². The summed E-state index contributed by atoms with van der Waals surface area (Å²) in [5, 5.41) is 5.35. The fourth-order valence-electron chi connectivity index (χ4n) is 4.39. The number of benzene rings is 2. The molecular weight excluding hydrogens is 531 g/mol. The van der Waals surface area contributed by atoms with E-state index in [0.29, 0.717) is 30.5 Å². The van der Waals surface area contributed by atoms with Gasteiger partial charge in [0.2, 0.25) is 0 Å². The predicted octanol–water partition coefficient (Wildman–Crippen LogP) is 6.66. The zero-order chi connectivity index (χ0) is 28.8. The minimum Gasteiger partial charge on any atom is -0.342 e. The fourth-order valence-corrected chi connectivity index (χ4v) is 4.39. The number of pyridine rings is 1. The summed E-state index contributed by atoms with van der Waals surface area (Å²) in [5.74, 6) is -1.37. The van der Waals surface area contributed by atoms with Gasteiger partial charge in [-0.05, 0) is 61.6 Å². The molecule has 206 valence electrons. The number of alkyl halides is 7. The number of anilines is 1. The molecular formula is C27H22F7N3O2. The molecule has 0 unspecified atom stereocenters. The van der Waals surface area contributed by atoms with Crippen molar-refractivity contribution in [2.24, 2.45) is 0 Å². The summed E-state index contributed by atoms with van der Waals surface area (Å²) in [4.78, 5) is 30.5. The predicted molar refractivity (Wildman–Crippen MR) is 128 cm³/mol. The van der Waals surface area contributed by atoms with Crippen LogP contribution in [-0.2, 0) is 11.2 Å². The van der Waals surface area contributed by atoms with Crippen LogP contribution < -0.4 is 10.6 Å². The van der Waals surface area contributed by atoms with Crippen molar-refractivity contribution < 1.29 is 40.3 Å². The third kappa shape index (κ3) is 5.07. The molecule has 1 aromatic heterocycles. The highest BCUT2D eigenvalue weighted by Gasteiger charge is 2.73. The van der Waals surface area contributed by atoms with E-state index >= 15 is 0 Å². The van der Waals surface area contributed by atoms with Crippen molar-refractivity contribution in [3.05, 3.63) is 94.3 Å². The molecule has 2 aromatic carbocycles. The quantitative estimate of drug-likeness (QED) is 0.336. The van der Waals surface area contributed by atoms with E-state index in [9.17, 15) is 40.3 Å². The van der Waals surface area contributed by atoms with Crippen LogP contribution in [-0.4, -0.2) is 29.2 Å². The van der Waals surface area contributed by atoms with Crippen LogP contribution >= 0.6 is 0 Å². The molecule has 1 fully saturated rings. The molecule has 1 saturated carbocycles. The Morgan fingerprint density at radius 1 is 0.846 bits per heavy atom. The molecule has 0 spiro atoms. The first-order chi connectivity index (χ1) is 18.1. The molecule has 4 rings (SSSR count). The van der Waals surface area contributed by atoms with Crippen LogP contribution in [0.4, 0.5) is 36.4 Å². The van der Waals surface area contributed by atoms with Crippen molar-refractivity contribution in [2.45, 2.75) is 50.2 Å². The van der Waals surface area contributed by atoms with Crippen LogP contribution in [0.1, 0.15) is 55.8 Å². The molecule has 2 N–H and O–H groups in total. The van der Waals surface area contributed by atoms with Gasteiger partial charge in [-0.1, -0.05) is 30.3 Å². The smallest absolute Gasteiger partial charge is 0.342 e. The summed E-state index contributed by atoms with van der Waals surface area (Å²) in [6.45, 7) is 2.74. The maximum Gasteiger partial charge on any atom is 0.435 e. The first-order valence-corrected chi connectivity index (χ1v) is 11.7. The average molecular weight is 553 g/mol. The molecule has 1 aliphatic carbocycles. The van der Waals surface area contributed by atoms with Crippen molar-refractivity contribution >= 4 is 17.5 Å². The van der Waals surface area contributed by atoms with Crippen LogP contribution in [0, 0.1) is 13.8 Å². The van der Waals surface area contributed by atoms with E-state index in [1.165, 1.54) is 12.1 Å². The Morgan fingerprint density at radius 2 is 1.51 bits per heavy atom. The Hall–Kier alpha value is -3.96. The van der Waals surface area contributed by atoms with Crippen LogP contribution in [0.5, 0.6) is 0 Å². The minimum atomic E-state index is -6.26. The monoisotopic (exact) mass is 553 g/mol. The number of aryl methyl sites for hydroxylation is 2. The van der Waals surface area contributed by atoms with Gasteiger partial charge in [0.15, 0.2) is 0 Å². The summed E-state index contributed by atoms with van der Waals surface area (Å²) in [7, 11) is 0. The van der Waals surface area contributed by atoms with E-state index < -0.39 is 40.9 Å². The number of carbonyl (C=O) groups excluding carboxylic acids is 2. The second-order valence-electron chi connectivity index (χ2n) is 9.41. The highest BCUT2D eigenvalue weighted by Crippen LogP contribution is 2.53. The average Bonchev–Trinajstić information content (AvgIpc) is 3.64. The van der Waals surface area contributed by atoms with Gasteiger partial charge in [0, 0.05) is 23.6 Å². The Balaban J connectivity index is 1.62. The highest BCUT2D eigenvalue weighted by molar-refractivity contribution is 6.13. The molecule has 12 heteroatoms. The SMILES string of the molecule is Cc1cc(C(F)(C(F)(F)F)C(F)(F)F)ccc1NC(=O)c1cccc(C)c1C(=O)NC1(c2cccnc2)CC1. The molecule has 0 radical (unpaired) electrons. The second-order valence-corrected chi connectivity index (χ2v) is 9.41. The van der Waals surface area contributed by atoms with E-state index in [1.54, 1.807) is 31.5 Å². The lowest BCUT2D eigenvalue weighted by molar-refractivity contribution is -0.348. The number of halogens is 7. The lowest BCUT2D eigenvalue weighted by atomic mass is 9.92. The van der Waals surface area contributed by atoms with Crippen molar-refractivity contribution in [3.63, 3.8) is 0 Å². The topological polar surface area (TPSA) is 71.1 Å². The van der Waals surface area contributed by atoms with Crippen LogP contribution in [0.3, 0.4) is 0 Å². The Bertz CT molecular complexity index is 1400. The summed E-state index contributed by atoms with van der Waals surface area (Å²) >= 11 is 0. The second kappa shape index (κ2) is 9.65. The van der Waals surface area contributed by atoms with Crippen LogP contribution in [0.25, 0.3) is 0 Å². The highest BCUT2D eigenvalue weighted by atomic mass is 19.4. The first-order valence-electron chi connectivity index (χ1n) is 11.7. The Labute approximate surface area is 218 Å². The molecule has 2 amide bonds. The molecule has 0 bridgehead atoms. The molecule has 3 aromatic rings. The van der Waals surface area contributed by atoms with E-state index in [4.69, 9.17) is 0 Å². The largest absolute Gasteiger partial charge is 0.435 e. The summed E-state index contributed by atoms with van der Waals surface area (Å²) in [6, 6.07) is 9.51. The Kier molecular flexibility index (Phi) is 6.95. The van der Waals surface area contributed by atoms with Crippen LogP contribution in [0.15, 0.2) is 60.9 Å². The minimum absolute atomic E-state index is 0.0522. The van der Waals surface area contributed by atoms with Gasteiger partial charge in [-0.15, -0.1) is 0 Å². The number of aromatic nitrogens is 1. The van der Waals surface area contributed by atoms with Gasteiger partial charge < -0.3 is 10.6 Å². The maximum absolute atomic E-state index is 14.4. The molecule has 5 nitrogen and oxygen atoms in total. The maximum atomic E-state index is 14.4. The van der Waals surface area contributed by atoms with Gasteiger partial charge >= 0.3 is 18.0 Å². The number of carbonyl (C=O) groups is 2. The van der Waals surface area contributed by atoms with Crippen molar-refractivity contribution in [2.75, 3.05) is 5.32 Å². The fraction of sp³-hybridized carbons (Fsp3) is 0.296.